The minimum absolute atomic E-state index is 0. The molecule has 2 heteroatoms. The lowest BCUT2D eigenvalue weighted by atomic mass is 10.6. The van der Waals surface area contributed by atoms with Gasteiger partial charge in [0.15, 0.2) is 0 Å². The normalized spacial score (nSPS) is 28.0. The molecule has 0 aromatic carbocycles. The average Bonchev–Trinajstić information content (AvgIpc) is 1.59. The molecule has 0 radical (unpaired) electrons. The highest BCUT2D eigenvalue weighted by Crippen LogP contribution is 1.50. The monoisotopic (exact) mass is 82.1 g/mol. The lowest BCUT2D eigenvalue weighted by molar-refractivity contribution is -0.114. The van der Waals surface area contributed by atoms with Gasteiger partial charge in [-0.15, -0.1) is 0 Å². The first-order chi connectivity index (χ1) is 4.15. The van der Waals surface area contributed by atoms with E-state index in [1.54, 1.807) is 0 Å². The predicted molar refractivity (Wildman–Crippen MR) is 20.0 cm³/mol. The minimum atomic E-state index is -3.01. The average molecular weight is 82.1 g/mol. The molecule has 0 atom stereocenters. The van der Waals surface area contributed by atoms with Gasteiger partial charge in [-0.3, -0.25) is 0 Å². The fraction of sp³-hybridized carbons (Fsp3) is 0.667. The van der Waals surface area contributed by atoms with Crippen molar-refractivity contribution in [3.8, 4) is 0 Å². The third kappa shape index (κ3) is 70.4. The van der Waals surface area contributed by atoms with Gasteiger partial charge in [-0.25, -0.2) is 0 Å². The van der Waals surface area contributed by atoms with E-state index in [-0.39, 0.29) is 5.48 Å². The molecule has 0 aliphatic heterocycles. The van der Waals surface area contributed by atoms with Crippen molar-refractivity contribution >= 4 is 5.78 Å². The molecule has 2 nitrogen and oxygen atoms in total. The highest BCUT2D eigenvalue weighted by molar-refractivity contribution is 5.72. The zero-order chi connectivity index (χ0) is 8.58. The zero-order valence-electron chi connectivity index (χ0n) is 8.41. The van der Waals surface area contributed by atoms with Crippen LogP contribution in [0, 0.1) is 0 Å². The summed E-state index contributed by atoms with van der Waals surface area (Å²) in [6.45, 7) is -6.02. The Balaban J connectivity index is 0. The standard InChI is InChI=1S/C3H6O.H2O/c1-3(2)4;/h1-2H3;1H2/i1D3,2D3;. The smallest absolute Gasteiger partial charge is 0.126 e. The maximum absolute atomic E-state index is 10.4. The van der Waals surface area contributed by atoms with E-state index in [2.05, 4.69) is 0 Å². The van der Waals surface area contributed by atoms with Gasteiger partial charge < -0.3 is 10.3 Å². The molecule has 0 heterocycles. The number of carbonyl (C=O) groups excluding carboxylic acids is 1. The van der Waals surface area contributed by atoms with Gasteiger partial charge in [0.25, 0.3) is 0 Å². The second-order valence-electron chi connectivity index (χ2n) is 0.329. The van der Waals surface area contributed by atoms with E-state index >= 15 is 0 Å². The molecule has 2 N–H and O–H groups in total. The van der Waals surface area contributed by atoms with E-state index in [9.17, 15) is 4.79 Å². The highest BCUT2D eigenvalue weighted by atomic mass is 16.1. The van der Waals surface area contributed by atoms with E-state index in [1.807, 2.05) is 0 Å². The summed E-state index contributed by atoms with van der Waals surface area (Å²) >= 11 is 0. The van der Waals surface area contributed by atoms with E-state index in [4.69, 9.17) is 8.22 Å². The van der Waals surface area contributed by atoms with Crippen LogP contribution in [-0.4, -0.2) is 11.3 Å². The van der Waals surface area contributed by atoms with Crippen molar-refractivity contribution in [2.24, 2.45) is 0 Å². The Morgan fingerprint density at radius 1 is 1.80 bits per heavy atom. The van der Waals surface area contributed by atoms with Gasteiger partial charge in [0.1, 0.15) is 5.78 Å². The number of carbonyl (C=O) groups is 1. The fourth-order valence-corrected chi connectivity index (χ4v) is 0. The zero-order valence-corrected chi connectivity index (χ0v) is 2.41. The van der Waals surface area contributed by atoms with Crippen LogP contribution in [0.5, 0.6) is 0 Å². The molecule has 0 amide bonds. The molecule has 0 aliphatic carbocycles. The van der Waals surface area contributed by atoms with Crippen LogP contribution in [-0.2, 0) is 4.79 Å². The lowest BCUT2D eigenvalue weighted by Gasteiger charge is -1.56. The van der Waals surface area contributed by atoms with Crippen LogP contribution in [0.3, 0.4) is 0 Å². The highest BCUT2D eigenvalue weighted by Gasteiger charge is 1.62. The first-order valence-electron chi connectivity index (χ1n) is 3.70. The Kier molecular flexibility index (Phi) is 0.595. The van der Waals surface area contributed by atoms with Crippen molar-refractivity contribution in [3.63, 3.8) is 0 Å². The summed E-state index contributed by atoms with van der Waals surface area (Å²) in [7, 11) is 0. The van der Waals surface area contributed by atoms with E-state index in [0.717, 1.165) is 0 Å². The SMILES string of the molecule is O.[2H]C([2H])([2H])C(=O)C([2H])([2H])[2H]. The van der Waals surface area contributed by atoms with Gasteiger partial charge in [0.05, 0.1) is 0 Å². The van der Waals surface area contributed by atoms with Crippen molar-refractivity contribution in [3.05, 3.63) is 0 Å². The molecule has 0 bridgehead atoms. The Hall–Kier alpha value is -0.370. The van der Waals surface area contributed by atoms with Crippen LogP contribution in [0.2, 0.25) is 0 Å². The topological polar surface area (TPSA) is 48.6 Å². The van der Waals surface area contributed by atoms with Crippen molar-refractivity contribution < 1.29 is 18.5 Å². The quantitative estimate of drug-likeness (QED) is 0.398. The van der Waals surface area contributed by atoms with Crippen molar-refractivity contribution in [1.82, 2.24) is 0 Å². The number of hydrogen-bond acceptors (Lipinski definition) is 1. The van der Waals surface area contributed by atoms with Crippen molar-refractivity contribution in [1.29, 1.82) is 0 Å². The molecule has 0 fully saturated rings. The molecule has 0 saturated carbocycles. The minimum Gasteiger partial charge on any atom is -0.412 e. The molecule has 0 saturated heterocycles. The Morgan fingerprint density at radius 2 is 2.20 bits per heavy atom. The van der Waals surface area contributed by atoms with Gasteiger partial charge in [-0.2, -0.15) is 0 Å². The number of hydrogen-bond donors (Lipinski definition) is 0. The van der Waals surface area contributed by atoms with Crippen LogP contribution >= 0.6 is 0 Å². The van der Waals surface area contributed by atoms with Crippen LogP contribution < -0.4 is 0 Å². The molecule has 0 rings (SSSR count). The third-order valence-corrected chi connectivity index (χ3v) is 0. The van der Waals surface area contributed by atoms with Crippen LogP contribution in [0.4, 0.5) is 0 Å². The number of ketones is 1. The second kappa shape index (κ2) is 3.63. The molecule has 0 aromatic rings. The first kappa shape index (κ1) is 0.819. The van der Waals surface area contributed by atoms with Crippen LogP contribution in [0.25, 0.3) is 0 Å². The molecular weight excluding hydrogens is 68.0 g/mol. The fourth-order valence-electron chi connectivity index (χ4n) is 0. The summed E-state index contributed by atoms with van der Waals surface area (Å²) in [4.78, 5) is 10.4. The van der Waals surface area contributed by atoms with Gasteiger partial charge >= 0.3 is 0 Å². The van der Waals surface area contributed by atoms with Gasteiger partial charge in [0.2, 0.25) is 0 Å². The van der Waals surface area contributed by atoms with E-state index in [0.29, 0.717) is 0 Å². The Bertz CT molecular complexity index is 127. The van der Waals surface area contributed by atoms with Crippen molar-refractivity contribution in [2.45, 2.75) is 13.7 Å². The molecular formula is C3H8O2. The molecule has 0 unspecified atom stereocenters. The maximum atomic E-state index is 10.4. The predicted octanol–water partition coefficient (Wildman–Crippen LogP) is -0.229. The molecule has 5 heavy (non-hydrogen) atoms. The summed E-state index contributed by atoms with van der Waals surface area (Å²) in [5, 5.41) is 0. The maximum Gasteiger partial charge on any atom is 0.126 e. The first-order valence-corrected chi connectivity index (χ1v) is 0.704. The van der Waals surface area contributed by atoms with E-state index < -0.39 is 19.5 Å². The summed E-state index contributed by atoms with van der Waals surface area (Å²) in [5.41, 5.74) is 0. The summed E-state index contributed by atoms with van der Waals surface area (Å²) < 4.78 is 38.5. The van der Waals surface area contributed by atoms with Gasteiger partial charge in [-0.1, -0.05) is 0 Å². The number of rotatable bonds is 0. The summed E-state index contributed by atoms with van der Waals surface area (Å²) in [5.74, 6) is -1.68. The molecule has 0 aromatic heterocycles. The largest absolute Gasteiger partial charge is 0.412 e. The van der Waals surface area contributed by atoms with Crippen molar-refractivity contribution in [2.75, 3.05) is 0 Å². The molecule has 0 aliphatic rings. The molecule has 0 spiro atoms. The summed E-state index contributed by atoms with van der Waals surface area (Å²) in [6.07, 6.45) is 0. The second-order valence-corrected chi connectivity index (χ2v) is 0.329. The van der Waals surface area contributed by atoms with Gasteiger partial charge in [0, 0.05) is 8.22 Å². The Labute approximate surface area is 39.5 Å². The van der Waals surface area contributed by atoms with E-state index in [1.165, 1.54) is 0 Å². The van der Waals surface area contributed by atoms with Gasteiger partial charge in [-0.05, 0) is 13.7 Å². The van der Waals surface area contributed by atoms with Crippen LogP contribution in [0.1, 0.15) is 21.9 Å². The number of Topliss-reactive ketones (excluding diaryl/α,β-unsaturated/α-hetero) is 1. The summed E-state index contributed by atoms with van der Waals surface area (Å²) in [6, 6.07) is 0. The lowest BCUT2D eigenvalue weighted by Crippen LogP contribution is -1.69. The van der Waals surface area contributed by atoms with Crippen LogP contribution in [0.15, 0.2) is 0 Å². The molecule has 32 valence electrons. The third-order valence-electron chi connectivity index (χ3n) is 0. The Morgan fingerprint density at radius 3 is 2.20 bits per heavy atom.